The van der Waals surface area contributed by atoms with Gasteiger partial charge in [0.25, 0.3) is 0 Å². The van der Waals surface area contributed by atoms with Gasteiger partial charge in [-0.3, -0.25) is 0 Å². The van der Waals surface area contributed by atoms with Crippen molar-refractivity contribution >= 4 is 0 Å². The van der Waals surface area contributed by atoms with Crippen molar-refractivity contribution in [1.29, 1.82) is 0 Å². The van der Waals surface area contributed by atoms with Crippen molar-refractivity contribution in [3.8, 4) is 5.75 Å². The zero-order chi connectivity index (χ0) is 11.4. The van der Waals surface area contributed by atoms with E-state index < -0.39 is 11.6 Å². The standard InChI is InChI=1S/C13H15F2O/c14-11-6-7-12(15)13(8-11)16-9-10-4-2-1-3-5-10/h6-7,10H,1-5,9H2. The molecule has 1 fully saturated rings. The summed E-state index contributed by atoms with van der Waals surface area (Å²) in [5, 5.41) is 0. The van der Waals surface area contributed by atoms with Gasteiger partial charge in [-0.15, -0.1) is 0 Å². The molecule has 1 aliphatic rings. The molecule has 1 aliphatic carbocycles. The minimum atomic E-state index is -0.583. The largest absolute Gasteiger partial charge is 0.489 e. The number of ether oxygens (including phenoxy) is 1. The van der Waals surface area contributed by atoms with Crippen LogP contribution in [0.5, 0.6) is 5.75 Å². The lowest BCUT2D eigenvalue weighted by atomic mass is 9.90. The first-order valence-electron chi connectivity index (χ1n) is 5.76. The van der Waals surface area contributed by atoms with Crippen molar-refractivity contribution in [3.63, 3.8) is 0 Å². The highest BCUT2D eigenvalue weighted by Crippen LogP contribution is 2.25. The van der Waals surface area contributed by atoms with Crippen LogP contribution >= 0.6 is 0 Å². The van der Waals surface area contributed by atoms with Gasteiger partial charge < -0.3 is 4.74 Å². The third-order valence-electron chi connectivity index (χ3n) is 3.01. The normalized spacial score (nSPS) is 17.4. The molecule has 16 heavy (non-hydrogen) atoms. The van der Waals surface area contributed by atoms with Crippen LogP contribution in [-0.2, 0) is 0 Å². The molecule has 0 bridgehead atoms. The molecule has 1 radical (unpaired) electrons. The number of hydrogen-bond donors (Lipinski definition) is 0. The van der Waals surface area contributed by atoms with Crippen molar-refractivity contribution in [2.24, 2.45) is 5.92 Å². The summed E-state index contributed by atoms with van der Waals surface area (Å²) in [6.45, 7) is 0.469. The van der Waals surface area contributed by atoms with Crippen LogP contribution in [-0.4, -0.2) is 6.61 Å². The second-order valence-electron chi connectivity index (χ2n) is 4.30. The van der Waals surface area contributed by atoms with Gasteiger partial charge in [0.2, 0.25) is 0 Å². The first kappa shape index (κ1) is 11.4. The van der Waals surface area contributed by atoms with E-state index in [-0.39, 0.29) is 5.75 Å². The Bertz CT molecular complexity index is 346. The molecule has 0 heterocycles. The average Bonchev–Trinajstić information content (AvgIpc) is 2.32. The fraction of sp³-hybridized carbons (Fsp3) is 0.538. The summed E-state index contributed by atoms with van der Waals surface area (Å²) < 4.78 is 31.3. The average molecular weight is 225 g/mol. The molecule has 3 heteroatoms. The van der Waals surface area contributed by atoms with Crippen LogP contribution in [0.1, 0.15) is 32.1 Å². The quantitative estimate of drug-likeness (QED) is 0.761. The molecule has 0 aromatic heterocycles. The fourth-order valence-electron chi connectivity index (χ4n) is 2.09. The molecule has 0 saturated heterocycles. The Morgan fingerprint density at radius 2 is 1.94 bits per heavy atom. The van der Waals surface area contributed by atoms with Crippen molar-refractivity contribution in [2.75, 3.05) is 6.61 Å². The lowest BCUT2D eigenvalue weighted by molar-refractivity contribution is 0.201. The van der Waals surface area contributed by atoms with Crippen LogP contribution in [0.15, 0.2) is 12.1 Å². The Labute approximate surface area is 94.4 Å². The summed E-state index contributed by atoms with van der Waals surface area (Å²) in [5.41, 5.74) is 0. The van der Waals surface area contributed by atoms with Gasteiger partial charge in [0.15, 0.2) is 11.6 Å². The molecule has 1 aromatic carbocycles. The maximum absolute atomic E-state index is 13.2. The lowest BCUT2D eigenvalue weighted by Crippen LogP contribution is -2.15. The van der Waals surface area contributed by atoms with Crippen LogP contribution in [0.2, 0.25) is 0 Å². The topological polar surface area (TPSA) is 9.23 Å². The van der Waals surface area contributed by atoms with Gasteiger partial charge in [0.05, 0.1) is 12.7 Å². The number of hydrogen-bond acceptors (Lipinski definition) is 1. The van der Waals surface area contributed by atoms with E-state index in [9.17, 15) is 8.78 Å². The highest BCUT2D eigenvalue weighted by molar-refractivity contribution is 5.23. The van der Waals surface area contributed by atoms with Crippen LogP contribution in [0.4, 0.5) is 8.78 Å². The van der Waals surface area contributed by atoms with Gasteiger partial charge >= 0.3 is 0 Å². The molecule has 0 aliphatic heterocycles. The molecule has 87 valence electrons. The maximum atomic E-state index is 13.2. The Kier molecular flexibility index (Phi) is 3.75. The van der Waals surface area contributed by atoms with Gasteiger partial charge in [0, 0.05) is 0 Å². The SMILES string of the molecule is Fc1[c]c(OCC2CCCCC2)c(F)cc1. The number of rotatable bonds is 3. The zero-order valence-corrected chi connectivity index (χ0v) is 9.14. The minimum absolute atomic E-state index is 0.0921. The molecular formula is C13H15F2O. The summed E-state index contributed by atoms with van der Waals surface area (Å²) in [7, 11) is 0. The third-order valence-corrected chi connectivity index (χ3v) is 3.01. The van der Waals surface area contributed by atoms with E-state index in [2.05, 4.69) is 6.07 Å². The molecular weight excluding hydrogens is 210 g/mol. The smallest absolute Gasteiger partial charge is 0.165 e. The monoisotopic (exact) mass is 225 g/mol. The number of benzene rings is 1. The second-order valence-corrected chi connectivity index (χ2v) is 4.30. The van der Waals surface area contributed by atoms with Gasteiger partial charge in [-0.25, -0.2) is 8.78 Å². The Hall–Kier alpha value is -1.12. The van der Waals surface area contributed by atoms with E-state index in [1.165, 1.54) is 19.3 Å². The molecule has 1 aromatic rings. The van der Waals surface area contributed by atoms with Crippen molar-refractivity contribution in [3.05, 3.63) is 29.8 Å². The van der Waals surface area contributed by atoms with Crippen molar-refractivity contribution in [2.45, 2.75) is 32.1 Å². The van der Waals surface area contributed by atoms with Gasteiger partial charge in [-0.05, 0) is 30.9 Å². The van der Waals surface area contributed by atoms with E-state index in [0.29, 0.717) is 12.5 Å². The first-order chi connectivity index (χ1) is 7.75. The zero-order valence-electron chi connectivity index (χ0n) is 9.14. The molecule has 1 nitrogen and oxygen atoms in total. The predicted octanol–water partition coefficient (Wildman–Crippen LogP) is 3.72. The van der Waals surface area contributed by atoms with E-state index in [1.54, 1.807) is 0 Å². The highest BCUT2D eigenvalue weighted by atomic mass is 19.1. The number of halogens is 2. The van der Waals surface area contributed by atoms with Crippen LogP contribution in [0.25, 0.3) is 0 Å². The summed E-state index contributed by atoms with van der Waals surface area (Å²) in [6.07, 6.45) is 5.94. The molecule has 0 spiro atoms. The highest BCUT2D eigenvalue weighted by Gasteiger charge is 2.15. The molecule has 0 unspecified atom stereocenters. The van der Waals surface area contributed by atoms with Crippen LogP contribution in [0, 0.1) is 23.6 Å². The van der Waals surface area contributed by atoms with E-state index in [1.807, 2.05) is 0 Å². The summed E-state index contributed by atoms with van der Waals surface area (Å²) >= 11 is 0. The van der Waals surface area contributed by atoms with Crippen LogP contribution < -0.4 is 4.74 Å². The second kappa shape index (κ2) is 5.28. The fourth-order valence-corrected chi connectivity index (χ4v) is 2.09. The summed E-state index contributed by atoms with van der Waals surface area (Å²) in [5.74, 6) is -0.743. The molecule has 0 amide bonds. The van der Waals surface area contributed by atoms with E-state index in [0.717, 1.165) is 25.0 Å². The Morgan fingerprint density at radius 1 is 1.19 bits per heavy atom. The van der Waals surface area contributed by atoms with Gasteiger partial charge in [-0.1, -0.05) is 19.3 Å². The summed E-state index contributed by atoms with van der Waals surface area (Å²) in [6, 6.07) is 4.37. The van der Waals surface area contributed by atoms with Crippen LogP contribution in [0.3, 0.4) is 0 Å². The predicted molar refractivity (Wildman–Crippen MR) is 57.3 cm³/mol. The molecule has 0 N–H and O–H groups in total. The van der Waals surface area contributed by atoms with Crippen molar-refractivity contribution in [1.82, 2.24) is 0 Å². The molecule has 1 saturated carbocycles. The van der Waals surface area contributed by atoms with Crippen molar-refractivity contribution < 1.29 is 13.5 Å². The Morgan fingerprint density at radius 3 is 2.69 bits per heavy atom. The molecule has 2 rings (SSSR count). The van der Waals surface area contributed by atoms with Gasteiger partial charge in [0.1, 0.15) is 5.82 Å². The lowest BCUT2D eigenvalue weighted by Gasteiger charge is -2.21. The Balaban J connectivity index is 1.90. The minimum Gasteiger partial charge on any atom is -0.489 e. The van der Waals surface area contributed by atoms with E-state index in [4.69, 9.17) is 4.74 Å². The van der Waals surface area contributed by atoms with E-state index >= 15 is 0 Å². The summed E-state index contributed by atoms with van der Waals surface area (Å²) in [4.78, 5) is 0. The first-order valence-corrected chi connectivity index (χ1v) is 5.76. The van der Waals surface area contributed by atoms with Gasteiger partial charge in [-0.2, -0.15) is 0 Å². The maximum Gasteiger partial charge on any atom is 0.165 e. The molecule has 0 atom stereocenters. The third kappa shape index (κ3) is 2.94.